The molecular weight excluding hydrogens is 320 g/mol. The van der Waals surface area contributed by atoms with E-state index in [1.165, 1.54) is 22.7 Å². The highest BCUT2D eigenvalue weighted by Gasteiger charge is 2.30. The van der Waals surface area contributed by atoms with Crippen LogP contribution in [-0.2, 0) is 4.79 Å². The SMILES string of the molecule is O=C(Nc1nnc(C2CC2)s1)c1ccc(NC(=O)C2CC2)s1. The monoisotopic (exact) mass is 334 g/mol. The van der Waals surface area contributed by atoms with Gasteiger partial charge >= 0.3 is 0 Å². The molecule has 2 heterocycles. The summed E-state index contributed by atoms with van der Waals surface area (Å²) in [7, 11) is 0. The summed E-state index contributed by atoms with van der Waals surface area (Å²) in [4.78, 5) is 24.4. The number of hydrogen-bond acceptors (Lipinski definition) is 6. The van der Waals surface area contributed by atoms with Crippen LogP contribution in [0.5, 0.6) is 0 Å². The van der Waals surface area contributed by atoms with Gasteiger partial charge in [-0.2, -0.15) is 0 Å². The van der Waals surface area contributed by atoms with Crippen LogP contribution in [0.15, 0.2) is 12.1 Å². The van der Waals surface area contributed by atoms with E-state index in [1.807, 2.05) is 0 Å². The molecule has 4 rings (SSSR count). The van der Waals surface area contributed by atoms with Gasteiger partial charge in [0.05, 0.1) is 9.88 Å². The van der Waals surface area contributed by atoms with Crippen molar-refractivity contribution < 1.29 is 9.59 Å². The highest BCUT2D eigenvalue weighted by molar-refractivity contribution is 7.18. The maximum absolute atomic E-state index is 12.2. The molecular formula is C14H14N4O2S2. The van der Waals surface area contributed by atoms with Gasteiger partial charge < -0.3 is 5.32 Å². The van der Waals surface area contributed by atoms with Crippen LogP contribution in [0.2, 0.25) is 0 Å². The lowest BCUT2D eigenvalue weighted by Crippen LogP contribution is -2.12. The third-order valence-electron chi connectivity index (χ3n) is 3.61. The number of carbonyl (C=O) groups is 2. The number of anilines is 2. The first-order valence-corrected chi connectivity index (χ1v) is 8.88. The van der Waals surface area contributed by atoms with Crippen LogP contribution in [0.25, 0.3) is 0 Å². The summed E-state index contributed by atoms with van der Waals surface area (Å²) in [6.45, 7) is 0. The van der Waals surface area contributed by atoms with E-state index in [9.17, 15) is 9.59 Å². The third-order valence-corrected chi connectivity index (χ3v) is 5.61. The molecule has 8 heteroatoms. The molecule has 114 valence electrons. The molecule has 2 aromatic rings. The average molecular weight is 334 g/mol. The van der Waals surface area contributed by atoms with Gasteiger partial charge in [-0.25, -0.2) is 0 Å². The predicted molar refractivity (Wildman–Crippen MR) is 85.5 cm³/mol. The van der Waals surface area contributed by atoms with Gasteiger partial charge in [0.2, 0.25) is 11.0 Å². The topological polar surface area (TPSA) is 84.0 Å². The minimum atomic E-state index is -0.213. The number of hydrogen-bond donors (Lipinski definition) is 2. The van der Waals surface area contributed by atoms with E-state index < -0.39 is 0 Å². The number of thiophene rings is 1. The lowest BCUT2D eigenvalue weighted by atomic mass is 10.4. The lowest BCUT2D eigenvalue weighted by molar-refractivity contribution is -0.117. The Hall–Kier alpha value is -1.80. The Labute approximate surface area is 135 Å². The molecule has 2 saturated carbocycles. The highest BCUT2D eigenvalue weighted by Crippen LogP contribution is 2.42. The summed E-state index contributed by atoms with van der Waals surface area (Å²) < 4.78 is 0. The summed E-state index contributed by atoms with van der Waals surface area (Å²) in [6.07, 6.45) is 4.25. The summed E-state index contributed by atoms with van der Waals surface area (Å²) in [6, 6.07) is 3.47. The van der Waals surface area contributed by atoms with Gasteiger partial charge in [-0.3, -0.25) is 14.9 Å². The standard InChI is InChI=1S/C14H14N4O2S2/c19-11(7-1-2-7)15-10-6-5-9(21-10)12(20)16-14-18-17-13(22-14)8-3-4-8/h5-8H,1-4H2,(H,15,19)(H,16,18,20). The normalized spacial score (nSPS) is 17.3. The van der Waals surface area contributed by atoms with Crippen LogP contribution in [-0.4, -0.2) is 22.0 Å². The number of aromatic nitrogens is 2. The Kier molecular flexibility index (Phi) is 3.42. The van der Waals surface area contributed by atoms with Crippen molar-refractivity contribution >= 4 is 44.6 Å². The van der Waals surface area contributed by atoms with Gasteiger partial charge in [0, 0.05) is 11.8 Å². The van der Waals surface area contributed by atoms with Crippen molar-refractivity contribution in [3.8, 4) is 0 Å². The Balaban J connectivity index is 1.38. The van der Waals surface area contributed by atoms with E-state index >= 15 is 0 Å². The second-order valence-corrected chi connectivity index (χ2v) is 7.69. The molecule has 0 unspecified atom stereocenters. The molecule has 22 heavy (non-hydrogen) atoms. The fraction of sp³-hybridized carbons (Fsp3) is 0.429. The molecule has 2 amide bonds. The van der Waals surface area contributed by atoms with Crippen molar-refractivity contribution in [3.63, 3.8) is 0 Å². The maximum Gasteiger partial charge on any atom is 0.267 e. The number of carbonyl (C=O) groups excluding carboxylic acids is 2. The summed E-state index contributed by atoms with van der Waals surface area (Å²) >= 11 is 2.71. The molecule has 2 fully saturated rings. The smallest absolute Gasteiger partial charge is 0.267 e. The molecule has 0 atom stereocenters. The van der Waals surface area contributed by atoms with Crippen LogP contribution in [0, 0.1) is 5.92 Å². The first-order valence-electron chi connectivity index (χ1n) is 7.24. The Morgan fingerprint density at radius 2 is 1.86 bits per heavy atom. The van der Waals surface area contributed by atoms with Gasteiger partial charge in [0.1, 0.15) is 5.01 Å². The predicted octanol–water partition coefficient (Wildman–Crippen LogP) is 3.08. The summed E-state index contributed by atoms with van der Waals surface area (Å²) in [5, 5.41) is 15.9. The van der Waals surface area contributed by atoms with Crippen LogP contribution >= 0.6 is 22.7 Å². The third kappa shape index (κ3) is 3.02. The summed E-state index contributed by atoms with van der Waals surface area (Å²) in [5.74, 6) is 0.526. The zero-order chi connectivity index (χ0) is 15.1. The van der Waals surface area contributed by atoms with Crippen molar-refractivity contribution in [1.29, 1.82) is 0 Å². The fourth-order valence-electron chi connectivity index (χ4n) is 2.04. The second kappa shape index (κ2) is 5.44. The van der Waals surface area contributed by atoms with Crippen molar-refractivity contribution in [1.82, 2.24) is 10.2 Å². The Morgan fingerprint density at radius 1 is 1.05 bits per heavy atom. The molecule has 2 aliphatic rings. The molecule has 0 aliphatic heterocycles. The van der Waals surface area contributed by atoms with Crippen LogP contribution in [0.1, 0.15) is 46.3 Å². The minimum absolute atomic E-state index is 0.0482. The van der Waals surface area contributed by atoms with Crippen LogP contribution in [0.3, 0.4) is 0 Å². The van der Waals surface area contributed by atoms with E-state index in [0.717, 1.165) is 30.7 Å². The van der Waals surface area contributed by atoms with Crippen molar-refractivity contribution in [2.24, 2.45) is 5.92 Å². The number of amides is 2. The quantitative estimate of drug-likeness (QED) is 0.880. The molecule has 0 bridgehead atoms. The van der Waals surface area contributed by atoms with Crippen molar-refractivity contribution in [2.45, 2.75) is 31.6 Å². The lowest BCUT2D eigenvalue weighted by Gasteiger charge is -1.99. The number of nitrogens with one attached hydrogen (secondary N) is 2. The summed E-state index contributed by atoms with van der Waals surface area (Å²) in [5.41, 5.74) is 0. The van der Waals surface area contributed by atoms with Gasteiger partial charge in [0.15, 0.2) is 0 Å². The van der Waals surface area contributed by atoms with E-state index in [-0.39, 0.29) is 17.7 Å². The van der Waals surface area contributed by atoms with Crippen LogP contribution in [0.4, 0.5) is 10.1 Å². The van der Waals surface area contributed by atoms with Crippen LogP contribution < -0.4 is 10.6 Å². The largest absolute Gasteiger partial charge is 0.317 e. The highest BCUT2D eigenvalue weighted by atomic mass is 32.1. The van der Waals surface area contributed by atoms with Crippen molar-refractivity contribution in [3.05, 3.63) is 22.0 Å². The maximum atomic E-state index is 12.2. The Bertz CT molecular complexity index is 731. The van der Waals surface area contributed by atoms with Gasteiger partial charge in [-0.1, -0.05) is 11.3 Å². The first kappa shape index (κ1) is 13.8. The van der Waals surface area contributed by atoms with Gasteiger partial charge in [-0.05, 0) is 37.8 Å². The van der Waals surface area contributed by atoms with Crippen molar-refractivity contribution in [2.75, 3.05) is 10.6 Å². The molecule has 0 spiro atoms. The Morgan fingerprint density at radius 3 is 2.59 bits per heavy atom. The average Bonchev–Trinajstić information content (AvgIpc) is 3.43. The van der Waals surface area contributed by atoms with Gasteiger partial charge in [-0.15, -0.1) is 21.5 Å². The van der Waals surface area contributed by atoms with E-state index in [1.54, 1.807) is 12.1 Å². The molecule has 0 aromatic carbocycles. The zero-order valence-corrected chi connectivity index (χ0v) is 13.3. The fourth-order valence-corrected chi connectivity index (χ4v) is 3.75. The first-order chi connectivity index (χ1) is 10.7. The second-order valence-electron chi connectivity index (χ2n) is 5.60. The van der Waals surface area contributed by atoms with E-state index in [2.05, 4.69) is 20.8 Å². The zero-order valence-electron chi connectivity index (χ0n) is 11.7. The number of nitrogens with zero attached hydrogens (tertiary/aromatic N) is 2. The number of rotatable bonds is 5. The van der Waals surface area contributed by atoms with E-state index in [4.69, 9.17) is 0 Å². The molecule has 2 N–H and O–H groups in total. The molecule has 0 radical (unpaired) electrons. The molecule has 6 nitrogen and oxygen atoms in total. The van der Waals surface area contributed by atoms with E-state index in [0.29, 0.717) is 20.9 Å². The minimum Gasteiger partial charge on any atom is -0.317 e. The molecule has 2 aromatic heterocycles. The molecule has 0 saturated heterocycles. The molecule has 2 aliphatic carbocycles. The van der Waals surface area contributed by atoms with Gasteiger partial charge in [0.25, 0.3) is 5.91 Å².